The SMILES string of the molecule is CC[C@H]1CC[C@@H](C(=O)Nc2cc(-c3cncc(NCC4CCOCC4)n3)c(Cl)cn2)CN1. The molecule has 0 saturated carbocycles. The lowest BCUT2D eigenvalue weighted by Crippen LogP contribution is -2.43. The highest BCUT2D eigenvalue weighted by Crippen LogP contribution is 2.29. The number of carbonyl (C=O) groups is 1. The van der Waals surface area contributed by atoms with Crippen LogP contribution in [0.1, 0.15) is 39.0 Å². The molecule has 0 aliphatic carbocycles. The van der Waals surface area contributed by atoms with Gasteiger partial charge in [-0.15, -0.1) is 0 Å². The zero-order chi connectivity index (χ0) is 22.3. The Kier molecular flexibility index (Phi) is 7.89. The molecule has 2 aromatic rings. The van der Waals surface area contributed by atoms with E-state index in [0.29, 0.717) is 46.4 Å². The Morgan fingerprint density at radius 3 is 2.78 bits per heavy atom. The monoisotopic (exact) mass is 458 g/mol. The number of anilines is 2. The minimum Gasteiger partial charge on any atom is -0.381 e. The van der Waals surface area contributed by atoms with Crippen molar-refractivity contribution in [2.45, 2.75) is 45.1 Å². The lowest BCUT2D eigenvalue weighted by Gasteiger charge is -2.28. The fourth-order valence-electron chi connectivity index (χ4n) is 4.20. The third-order valence-corrected chi connectivity index (χ3v) is 6.61. The summed E-state index contributed by atoms with van der Waals surface area (Å²) in [6, 6.07) is 2.27. The average molecular weight is 459 g/mol. The smallest absolute Gasteiger partial charge is 0.229 e. The highest BCUT2D eigenvalue weighted by Gasteiger charge is 2.25. The molecule has 0 spiro atoms. The molecule has 2 aliphatic rings. The van der Waals surface area contributed by atoms with Gasteiger partial charge in [-0.2, -0.15) is 0 Å². The summed E-state index contributed by atoms with van der Waals surface area (Å²) in [4.78, 5) is 26.0. The van der Waals surface area contributed by atoms with E-state index in [0.717, 1.165) is 51.9 Å². The number of hydrogen-bond acceptors (Lipinski definition) is 7. The van der Waals surface area contributed by atoms with Gasteiger partial charge in [0.15, 0.2) is 0 Å². The molecule has 172 valence electrons. The maximum absolute atomic E-state index is 12.7. The lowest BCUT2D eigenvalue weighted by atomic mass is 9.93. The molecule has 2 aromatic heterocycles. The summed E-state index contributed by atoms with van der Waals surface area (Å²) in [6.07, 6.45) is 10.00. The maximum atomic E-state index is 12.7. The zero-order valence-corrected chi connectivity index (χ0v) is 19.2. The van der Waals surface area contributed by atoms with Crippen molar-refractivity contribution in [2.75, 3.05) is 36.9 Å². The van der Waals surface area contributed by atoms with Gasteiger partial charge in [0.1, 0.15) is 11.6 Å². The van der Waals surface area contributed by atoms with Gasteiger partial charge in [0, 0.05) is 44.1 Å². The Balaban J connectivity index is 1.41. The first kappa shape index (κ1) is 22.9. The van der Waals surface area contributed by atoms with E-state index in [-0.39, 0.29) is 11.8 Å². The first-order valence-electron chi connectivity index (χ1n) is 11.5. The standard InChI is InChI=1S/C23H31ClN6O2/c1-2-17-4-3-16(11-26-17)23(31)30-21-9-18(19(24)12-28-21)20-13-25-14-22(29-20)27-10-15-5-7-32-8-6-15/h9,12-17,26H,2-8,10-11H2,1H3,(H,27,29)(H,28,30,31)/t16-,17+/m1/s1. The Morgan fingerprint density at radius 2 is 2.03 bits per heavy atom. The third kappa shape index (κ3) is 5.94. The van der Waals surface area contributed by atoms with Crippen LogP contribution in [0.2, 0.25) is 5.02 Å². The number of pyridine rings is 1. The highest BCUT2D eigenvalue weighted by atomic mass is 35.5. The summed E-state index contributed by atoms with van der Waals surface area (Å²) < 4.78 is 5.42. The van der Waals surface area contributed by atoms with Crippen molar-refractivity contribution < 1.29 is 9.53 Å². The highest BCUT2D eigenvalue weighted by molar-refractivity contribution is 6.33. The second kappa shape index (κ2) is 11.0. The van der Waals surface area contributed by atoms with Crippen LogP contribution in [0.15, 0.2) is 24.7 Å². The van der Waals surface area contributed by atoms with E-state index < -0.39 is 0 Å². The zero-order valence-electron chi connectivity index (χ0n) is 18.4. The minimum atomic E-state index is -0.0590. The van der Waals surface area contributed by atoms with Gasteiger partial charge in [0.05, 0.1) is 29.0 Å². The molecule has 4 rings (SSSR count). The fraction of sp³-hybridized carbons (Fsp3) is 0.565. The molecule has 3 N–H and O–H groups in total. The topological polar surface area (TPSA) is 101 Å². The molecule has 1 amide bonds. The number of carbonyl (C=O) groups excluding carboxylic acids is 1. The molecule has 4 heterocycles. The quantitative estimate of drug-likeness (QED) is 0.580. The van der Waals surface area contributed by atoms with Crippen LogP contribution in [-0.2, 0) is 9.53 Å². The van der Waals surface area contributed by atoms with Gasteiger partial charge in [-0.1, -0.05) is 18.5 Å². The predicted octanol–water partition coefficient (Wildman–Crippen LogP) is 3.75. The van der Waals surface area contributed by atoms with Gasteiger partial charge in [0.2, 0.25) is 5.91 Å². The molecule has 9 heteroatoms. The summed E-state index contributed by atoms with van der Waals surface area (Å²) in [7, 11) is 0. The molecular formula is C23H31ClN6O2. The van der Waals surface area contributed by atoms with Crippen LogP contribution in [0.3, 0.4) is 0 Å². The van der Waals surface area contributed by atoms with Crippen molar-refractivity contribution >= 4 is 29.1 Å². The van der Waals surface area contributed by atoms with Gasteiger partial charge in [-0.25, -0.2) is 9.97 Å². The molecule has 0 bridgehead atoms. The summed E-state index contributed by atoms with van der Waals surface area (Å²) in [5, 5.41) is 10.2. The van der Waals surface area contributed by atoms with Gasteiger partial charge >= 0.3 is 0 Å². The first-order chi connectivity index (χ1) is 15.6. The normalized spacial score (nSPS) is 21.8. The van der Waals surface area contributed by atoms with Crippen LogP contribution in [0.4, 0.5) is 11.6 Å². The van der Waals surface area contributed by atoms with Crippen molar-refractivity contribution in [3.63, 3.8) is 0 Å². The van der Waals surface area contributed by atoms with Crippen LogP contribution in [0.5, 0.6) is 0 Å². The number of aromatic nitrogens is 3. The number of rotatable bonds is 7. The largest absolute Gasteiger partial charge is 0.381 e. The Hall–Kier alpha value is -2.29. The van der Waals surface area contributed by atoms with E-state index in [1.165, 1.54) is 0 Å². The van der Waals surface area contributed by atoms with Gasteiger partial charge < -0.3 is 20.7 Å². The second-order valence-corrected chi connectivity index (χ2v) is 8.96. The van der Waals surface area contributed by atoms with Gasteiger partial charge in [-0.3, -0.25) is 9.78 Å². The number of amides is 1. The van der Waals surface area contributed by atoms with Crippen LogP contribution >= 0.6 is 11.6 Å². The molecule has 2 aliphatic heterocycles. The number of nitrogens with zero attached hydrogens (tertiary/aromatic N) is 3. The van der Waals surface area contributed by atoms with Gasteiger partial charge in [0.25, 0.3) is 0 Å². The van der Waals surface area contributed by atoms with Crippen molar-refractivity contribution in [1.29, 1.82) is 0 Å². The molecule has 2 atom stereocenters. The lowest BCUT2D eigenvalue weighted by molar-refractivity contribution is -0.120. The van der Waals surface area contributed by atoms with E-state index in [4.69, 9.17) is 16.3 Å². The molecule has 0 radical (unpaired) electrons. The van der Waals surface area contributed by atoms with E-state index in [2.05, 4.69) is 37.8 Å². The van der Waals surface area contributed by atoms with Crippen LogP contribution in [0.25, 0.3) is 11.3 Å². The molecule has 0 unspecified atom stereocenters. The molecule has 2 saturated heterocycles. The number of halogens is 1. The van der Waals surface area contributed by atoms with Crippen LogP contribution in [0, 0.1) is 11.8 Å². The molecule has 32 heavy (non-hydrogen) atoms. The number of nitrogens with one attached hydrogen (secondary N) is 3. The Morgan fingerprint density at radius 1 is 1.19 bits per heavy atom. The maximum Gasteiger partial charge on any atom is 0.229 e. The van der Waals surface area contributed by atoms with Gasteiger partial charge in [-0.05, 0) is 44.1 Å². The Bertz CT molecular complexity index is 913. The summed E-state index contributed by atoms with van der Waals surface area (Å²) in [6.45, 7) is 5.32. The molecule has 8 nitrogen and oxygen atoms in total. The van der Waals surface area contributed by atoms with Crippen molar-refractivity contribution in [1.82, 2.24) is 20.3 Å². The fourth-order valence-corrected chi connectivity index (χ4v) is 4.40. The third-order valence-electron chi connectivity index (χ3n) is 6.31. The summed E-state index contributed by atoms with van der Waals surface area (Å²) >= 11 is 6.41. The van der Waals surface area contributed by atoms with Crippen molar-refractivity contribution in [3.05, 3.63) is 29.7 Å². The first-order valence-corrected chi connectivity index (χ1v) is 11.8. The summed E-state index contributed by atoms with van der Waals surface area (Å²) in [5.41, 5.74) is 1.32. The van der Waals surface area contributed by atoms with E-state index in [9.17, 15) is 4.79 Å². The van der Waals surface area contributed by atoms with Crippen molar-refractivity contribution in [2.24, 2.45) is 11.8 Å². The second-order valence-electron chi connectivity index (χ2n) is 8.55. The van der Waals surface area contributed by atoms with E-state index >= 15 is 0 Å². The molecule has 2 fully saturated rings. The minimum absolute atomic E-state index is 0.0224. The number of ether oxygens (including phenoxy) is 1. The Labute approximate surface area is 193 Å². The van der Waals surface area contributed by atoms with E-state index in [1.807, 2.05) is 0 Å². The predicted molar refractivity (Wildman–Crippen MR) is 126 cm³/mol. The average Bonchev–Trinajstić information content (AvgIpc) is 2.85. The number of piperidine rings is 1. The molecular weight excluding hydrogens is 428 g/mol. The summed E-state index contributed by atoms with van der Waals surface area (Å²) in [5.74, 6) is 1.66. The number of hydrogen-bond donors (Lipinski definition) is 3. The van der Waals surface area contributed by atoms with Crippen LogP contribution in [-0.4, -0.2) is 53.2 Å². The van der Waals surface area contributed by atoms with Crippen LogP contribution < -0.4 is 16.0 Å². The van der Waals surface area contributed by atoms with E-state index in [1.54, 1.807) is 24.7 Å². The van der Waals surface area contributed by atoms with Crippen molar-refractivity contribution in [3.8, 4) is 11.3 Å². The molecule has 0 aromatic carbocycles.